The number of hydrogen-bond acceptors (Lipinski definition) is 3. The summed E-state index contributed by atoms with van der Waals surface area (Å²) >= 11 is 1.88. The molecular weight excluding hydrogens is 591 g/mol. The van der Waals surface area contributed by atoms with Crippen molar-refractivity contribution in [3.05, 3.63) is 151 Å². The monoisotopic (exact) mass is 619 g/mol. The van der Waals surface area contributed by atoms with Gasteiger partial charge >= 0.3 is 0 Å². The van der Waals surface area contributed by atoms with Crippen molar-refractivity contribution in [2.24, 2.45) is 5.92 Å². The molecule has 10 rings (SSSR count). The maximum absolute atomic E-state index is 5.40. The summed E-state index contributed by atoms with van der Waals surface area (Å²) in [5.74, 6) is 1.20. The molecule has 2 atom stereocenters. The molecule has 3 nitrogen and oxygen atoms in total. The number of allylic oxidation sites excluding steroid dienone is 4. The Hall–Kier alpha value is -5.58. The molecule has 3 heterocycles. The summed E-state index contributed by atoms with van der Waals surface area (Å²) in [5, 5.41) is 10.0. The molecule has 1 aliphatic carbocycles. The Balaban J connectivity index is 1.34. The molecule has 0 saturated heterocycles. The Kier molecular flexibility index (Phi) is 5.78. The third-order valence-corrected chi connectivity index (χ3v) is 11.0. The lowest BCUT2D eigenvalue weighted by atomic mass is 9.87. The van der Waals surface area contributed by atoms with Crippen LogP contribution < -0.4 is 0 Å². The van der Waals surface area contributed by atoms with E-state index in [1.807, 2.05) is 11.3 Å². The molecule has 0 N–H and O–H groups in total. The highest BCUT2D eigenvalue weighted by Gasteiger charge is 2.23. The molecule has 222 valence electrons. The summed E-state index contributed by atoms with van der Waals surface area (Å²) in [7, 11) is 0. The normalized spacial score (nSPS) is 16.4. The number of aromatic nitrogens is 3. The van der Waals surface area contributed by atoms with Crippen LogP contribution in [0.4, 0.5) is 0 Å². The minimum atomic E-state index is 0.166. The molecule has 0 bridgehead atoms. The van der Waals surface area contributed by atoms with Crippen molar-refractivity contribution in [2.45, 2.75) is 12.8 Å². The molecule has 1 aliphatic rings. The van der Waals surface area contributed by atoms with Crippen molar-refractivity contribution in [3.8, 4) is 17.2 Å². The van der Waals surface area contributed by atoms with Gasteiger partial charge in [-0.2, -0.15) is 0 Å². The molecular formula is C43H29N3S. The molecule has 0 amide bonds. The zero-order valence-corrected chi connectivity index (χ0v) is 26.6. The number of nitrogens with zero attached hydrogens (tertiary/aromatic N) is 3. The molecule has 0 aliphatic heterocycles. The number of hydrogen-bond donors (Lipinski definition) is 0. The zero-order chi connectivity index (χ0) is 31.1. The van der Waals surface area contributed by atoms with Crippen molar-refractivity contribution in [1.29, 1.82) is 0 Å². The smallest absolute Gasteiger partial charge is 0.235 e. The van der Waals surface area contributed by atoms with E-state index in [0.717, 1.165) is 28.0 Å². The van der Waals surface area contributed by atoms with Crippen LogP contribution >= 0.6 is 11.3 Å². The van der Waals surface area contributed by atoms with Gasteiger partial charge in [-0.3, -0.25) is 4.57 Å². The third-order valence-electron chi connectivity index (χ3n) is 9.87. The van der Waals surface area contributed by atoms with E-state index in [4.69, 9.17) is 9.97 Å². The lowest BCUT2D eigenvalue weighted by Gasteiger charge is -2.21. The van der Waals surface area contributed by atoms with Gasteiger partial charge in [-0.15, -0.1) is 11.3 Å². The van der Waals surface area contributed by atoms with E-state index >= 15 is 0 Å². The van der Waals surface area contributed by atoms with E-state index in [1.165, 1.54) is 52.5 Å². The van der Waals surface area contributed by atoms with Gasteiger partial charge in [0.2, 0.25) is 5.95 Å². The fourth-order valence-corrected chi connectivity index (χ4v) is 8.68. The Bertz CT molecular complexity index is 2770. The molecule has 4 heteroatoms. The second kappa shape index (κ2) is 10.2. The van der Waals surface area contributed by atoms with E-state index in [2.05, 4.69) is 157 Å². The number of thiophene rings is 1. The lowest BCUT2D eigenvalue weighted by molar-refractivity contribution is 0.617. The van der Waals surface area contributed by atoms with Crippen LogP contribution in [0.15, 0.2) is 146 Å². The second-order valence-electron chi connectivity index (χ2n) is 12.7. The van der Waals surface area contributed by atoms with E-state index in [0.29, 0.717) is 11.9 Å². The summed E-state index contributed by atoms with van der Waals surface area (Å²) in [5.41, 5.74) is 5.30. The highest BCUT2D eigenvalue weighted by molar-refractivity contribution is 7.26. The SMILES string of the molecule is CC1C=CC=CC1c1cc(-c2ccccc2)nc(-n2c3cc4c(cc3c3c5ccccc5ccc32)sc2cc3ccccc3cc24)n1. The van der Waals surface area contributed by atoms with Gasteiger partial charge < -0.3 is 0 Å². The van der Waals surface area contributed by atoms with Crippen LogP contribution in [0.5, 0.6) is 0 Å². The van der Waals surface area contributed by atoms with Crippen molar-refractivity contribution >= 4 is 74.9 Å². The van der Waals surface area contributed by atoms with E-state index in [1.54, 1.807) is 0 Å². The molecule has 6 aromatic carbocycles. The largest absolute Gasteiger partial charge is 0.278 e. The third kappa shape index (κ3) is 4.11. The Labute approximate surface area is 275 Å². The highest BCUT2D eigenvalue weighted by Crippen LogP contribution is 2.43. The maximum Gasteiger partial charge on any atom is 0.235 e. The topological polar surface area (TPSA) is 30.7 Å². The van der Waals surface area contributed by atoms with Crippen LogP contribution in [-0.2, 0) is 0 Å². The number of benzene rings is 6. The van der Waals surface area contributed by atoms with Crippen molar-refractivity contribution < 1.29 is 0 Å². The minimum Gasteiger partial charge on any atom is -0.278 e. The van der Waals surface area contributed by atoms with Crippen molar-refractivity contribution in [3.63, 3.8) is 0 Å². The molecule has 3 aromatic heterocycles. The first-order valence-electron chi connectivity index (χ1n) is 16.2. The summed E-state index contributed by atoms with van der Waals surface area (Å²) in [6.07, 6.45) is 8.82. The Morgan fingerprint density at radius 2 is 1.30 bits per heavy atom. The van der Waals surface area contributed by atoms with Gasteiger partial charge in [-0.05, 0) is 63.9 Å². The van der Waals surface area contributed by atoms with Gasteiger partial charge in [0, 0.05) is 42.4 Å². The highest BCUT2D eigenvalue weighted by atomic mass is 32.1. The van der Waals surface area contributed by atoms with Gasteiger partial charge in [-0.25, -0.2) is 9.97 Å². The van der Waals surface area contributed by atoms with Gasteiger partial charge in [0.1, 0.15) is 0 Å². The molecule has 0 spiro atoms. The number of rotatable bonds is 3. The van der Waals surface area contributed by atoms with Gasteiger partial charge in [-0.1, -0.05) is 116 Å². The standard InChI is InChI=1S/C43H29N3S/c1-26-11-5-9-17-31(26)37-25-36(28-13-3-2-4-14-28)44-43(45-37)46-38-20-19-27-12-8-10-18-32(27)42(38)35-24-41-34(23-39(35)46)33-21-29-15-6-7-16-30(29)22-40(33)47-41/h2-26,31H,1H3. The summed E-state index contributed by atoms with van der Waals surface area (Å²) in [6, 6.07) is 44.0. The van der Waals surface area contributed by atoms with E-state index in [9.17, 15) is 0 Å². The Morgan fingerprint density at radius 3 is 2.15 bits per heavy atom. The van der Waals surface area contributed by atoms with E-state index in [-0.39, 0.29) is 5.92 Å². The quantitative estimate of drug-likeness (QED) is 0.197. The summed E-state index contributed by atoms with van der Waals surface area (Å²) in [6.45, 7) is 2.27. The fourth-order valence-electron chi connectivity index (χ4n) is 7.52. The average molecular weight is 620 g/mol. The first-order valence-corrected chi connectivity index (χ1v) is 17.0. The lowest BCUT2D eigenvalue weighted by Crippen LogP contribution is -2.13. The van der Waals surface area contributed by atoms with Gasteiger partial charge in [0.25, 0.3) is 0 Å². The Morgan fingerprint density at radius 1 is 0.574 bits per heavy atom. The van der Waals surface area contributed by atoms with Crippen LogP contribution in [-0.4, -0.2) is 14.5 Å². The average Bonchev–Trinajstić information content (AvgIpc) is 3.64. The number of fused-ring (bicyclic) bond motifs is 9. The molecule has 2 unspecified atom stereocenters. The molecule has 0 saturated carbocycles. The van der Waals surface area contributed by atoms with Crippen LogP contribution in [0.2, 0.25) is 0 Å². The van der Waals surface area contributed by atoms with Crippen LogP contribution in [0.1, 0.15) is 18.5 Å². The first kappa shape index (κ1) is 26.6. The minimum absolute atomic E-state index is 0.166. The molecule has 0 fully saturated rings. The maximum atomic E-state index is 5.40. The van der Waals surface area contributed by atoms with Crippen LogP contribution in [0, 0.1) is 5.92 Å². The van der Waals surface area contributed by atoms with Gasteiger partial charge in [0.05, 0.1) is 22.4 Å². The molecule has 9 aromatic rings. The van der Waals surface area contributed by atoms with Crippen molar-refractivity contribution in [2.75, 3.05) is 0 Å². The summed E-state index contributed by atoms with van der Waals surface area (Å²) in [4.78, 5) is 10.7. The van der Waals surface area contributed by atoms with Crippen LogP contribution in [0.3, 0.4) is 0 Å². The predicted molar refractivity (Wildman–Crippen MR) is 200 cm³/mol. The molecule has 0 radical (unpaired) electrons. The zero-order valence-electron chi connectivity index (χ0n) is 25.8. The van der Waals surface area contributed by atoms with Gasteiger partial charge in [0.15, 0.2) is 0 Å². The predicted octanol–water partition coefficient (Wildman–Crippen LogP) is 11.8. The summed E-state index contributed by atoms with van der Waals surface area (Å²) < 4.78 is 4.91. The van der Waals surface area contributed by atoms with E-state index < -0.39 is 0 Å². The fraction of sp³-hybridized carbons (Fsp3) is 0.0698. The second-order valence-corrected chi connectivity index (χ2v) is 13.8. The van der Waals surface area contributed by atoms with Crippen molar-refractivity contribution in [1.82, 2.24) is 14.5 Å². The first-order chi connectivity index (χ1) is 23.2. The molecule has 47 heavy (non-hydrogen) atoms. The van der Waals surface area contributed by atoms with Crippen LogP contribution in [0.25, 0.3) is 80.7 Å².